The molecule has 0 heterocycles. The zero-order valence-corrected chi connectivity index (χ0v) is 13.7. The molecule has 0 unspecified atom stereocenters. The summed E-state index contributed by atoms with van der Waals surface area (Å²) < 4.78 is 9.95. The van der Waals surface area contributed by atoms with Gasteiger partial charge in [0.15, 0.2) is 0 Å². The predicted octanol–water partition coefficient (Wildman–Crippen LogP) is 2.95. The van der Waals surface area contributed by atoms with Crippen molar-refractivity contribution in [3.05, 3.63) is 59.2 Å². The molecule has 0 N–H and O–H groups in total. The minimum absolute atomic E-state index is 0.385. The van der Waals surface area contributed by atoms with Crippen molar-refractivity contribution >= 4 is 11.7 Å². The second-order valence-electron chi connectivity index (χ2n) is 5.10. The Morgan fingerprint density at radius 3 is 2.13 bits per heavy atom. The van der Waals surface area contributed by atoms with Crippen molar-refractivity contribution in [2.75, 3.05) is 33.2 Å². The van der Waals surface area contributed by atoms with Gasteiger partial charge < -0.3 is 14.4 Å². The minimum atomic E-state index is -0.430. The number of carbonyl (C=O) groups is 1. The van der Waals surface area contributed by atoms with Gasteiger partial charge in [0.25, 0.3) is 0 Å². The van der Waals surface area contributed by atoms with Gasteiger partial charge in [-0.2, -0.15) is 0 Å². The lowest BCUT2D eigenvalue weighted by Gasteiger charge is -2.11. The van der Waals surface area contributed by atoms with Crippen molar-refractivity contribution in [3.63, 3.8) is 0 Å². The fourth-order valence-corrected chi connectivity index (χ4v) is 2.03. The van der Waals surface area contributed by atoms with Crippen molar-refractivity contribution in [1.29, 1.82) is 0 Å². The van der Waals surface area contributed by atoms with E-state index in [4.69, 9.17) is 9.47 Å². The van der Waals surface area contributed by atoms with Crippen LogP contribution in [-0.4, -0.2) is 34.3 Å². The van der Waals surface area contributed by atoms with Gasteiger partial charge in [-0.3, -0.25) is 0 Å². The largest absolute Gasteiger partial charge is 0.496 e. The Labute approximate surface area is 136 Å². The van der Waals surface area contributed by atoms with E-state index >= 15 is 0 Å². The summed E-state index contributed by atoms with van der Waals surface area (Å²) in [7, 11) is 6.84. The fourth-order valence-electron chi connectivity index (χ4n) is 2.03. The topological polar surface area (TPSA) is 38.8 Å². The van der Waals surface area contributed by atoms with Gasteiger partial charge in [0, 0.05) is 30.9 Å². The van der Waals surface area contributed by atoms with Crippen LogP contribution in [0.3, 0.4) is 0 Å². The van der Waals surface area contributed by atoms with Crippen LogP contribution in [-0.2, 0) is 4.74 Å². The molecule has 2 aromatic carbocycles. The first-order chi connectivity index (χ1) is 11.0. The third kappa shape index (κ3) is 4.04. The van der Waals surface area contributed by atoms with Gasteiger partial charge in [0.05, 0.1) is 14.2 Å². The lowest BCUT2D eigenvalue weighted by molar-refractivity contribution is 0.0597. The highest BCUT2D eigenvalue weighted by Crippen LogP contribution is 2.20. The molecule has 4 heteroatoms. The number of nitrogens with zero attached hydrogens (tertiary/aromatic N) is 1. The first kappa shape index (κ1) is 16.4. The SMILES string of the molecule is COC(=O)c1ccc(C#Cc2ccc(N(C)C)cc2)cc1OC. The smallest absolute Gasteiger partial charge is 0.341 e. The maximum atomic E-state index is 11.6. The highest BCUT2D eigenvalue weighted by molar-refractivity contribution is 5.92. The van der Waals surface area contributed by atoms with Crippen LogP contribution in [0.15, 0.2) is 42.5 Å². The lowest BCUT2D eigenvalue weighted by Crippen LogP contribution is -2.07. The average Bonchev–Trinajstić information content (AvgIpc) is 2.59. The standard InChI is InChI=1S/C19H19NO3/c1-20(2)16-10-7-14(8-11-16)5-6-15-9-12-17(19(21)23-4)18(13-15)22-3/h7-13H,1-4H3. The minimum Gasteiger partial charge on any atom is -0.496 e. The molecule has 2 aromatic rings. The first-order valence-corrected chi connectivity index (χ1v) is 7.11. The molecule has 0 fully saturated rings. The first-order valence-electron chi connectivity index (χ1n) is 7.11. The summed E-state index contributed by atoms with van der Waals surface area (Å²) in [5.41, 5.74) is 3.20. The van der Waals surface area contributed by atoms with Crippen LogP contribution in [0.4, 0.5) is 5.69 Å². The van der Waals surface area contributed by atoms with Crippen molar-refractivity contribution in [2.45, 2.75) is 0 Å². The number of rotatable bonds is 3. The maximum absolute atomic E-state index is 11.6. The van der Waals surface area contributed by atoms with Crippen LogP contribution in [0, 0.1) is 11.8 Å². The molecule has 0 bridgehead atoms. The molecule has 0 aromatic heterocycles. The number of carbonyl (C=O) groups excluding carboxylic acids is 1. The Kier molecular flexibility index (Phi) is 5.27. The summed E-state index contributed by atoms with van der Waals surface area (Å²) in [6.45, 7) is 0. The predicted molar refractivity (Wildman–Crippen MR) is 91.1 cm³/mol. The van der Waals surface area contributed by atoms with Gasteiger partial charge in [0.2, 0.25) is 0 Å². The number of ether oxygens (including phenoxy) is 2. The molecule has 0 atom stereocenters. The van der Waals surface area contributed by atoms with Crippen LogP contribution >= 0.6 is 0 Å². The van der Waals surface area contributed by atoms with E-state index in [0.29, 0.717) is 11.3 Å². The summed E-state index contributed by atoms with van der Waals surface area (Å²) >= 11 is 0. The van der Waals surface area contributed by atoms with Gasteiger partial charge in [-0.15, -0.1) is 0 Å². The fraction of sp³-hybridized carbons (Fsp3) is 0.211. The Morgan fingerprint density at radius 2 is 1.57 bits per heavy atom. The number of methoxy groups -OCH3 is 2. The number of hydrogen-bond acceptors (Lipinski definition) is 4. The zero-order chi connectivity index (χ0) is 16.8. The van der Waals surface area contributed by atoms with Gasteiger partial charge in [-0.25, -0.2) is 4.79 Å². The molecule has 0 saturated heterocycles. The van der Waals surface area contributed by atoms with E-state index in [1.807, 2.05) is 43.3 Å². The highest BCUT2D eigenvalue weighted by Gasteiger charge is 2.12. The Balaban J connectivity index is 2.25. The third-order valence-electron chi connectivity index (χ3n) is 3.34. The summed E-state index contributed by atoms with van der Waals surface area (Å²) in [4.78, 5) is 13.7. The molecule has 0 aliphatic carbocycles. The molecule has 23 heavy (non-hydrogen) atoms. The quantitative estimate of drug-likeness (QED) is 0.645. The summed E-state index contributed by atoms with van der Waals surface area (Å²) in [5.74, 6) is 6.19. The van der Waals surface area contributed by atoms with E-state index in [1.54, 1.807) is 18.2 Å². The maximum Gasteiger partial charge on any atom is 0.341 e. The monoisotopic (exact) mass is 309 g/mol. The molecular formula is C19H19NO3. The second-order valence-corrected chi connectivity index (χ2v) is 5.10. The van der Waals surface area contributed by atoms with Crippen LogP contribution in [0.25, 0.3) is 0 Å². The van der Waals surface area contributed by atoms with Crippen molar-refractivity contribution in [2.24, 2.45) is 0 Å². The summed E-state index contributed by atoms with van der Waals surface area (Å²) in [6, 6.07) is 13.1. The summed E-state index contributed by atoms with van der Waals surface area (Å²) in [5, 5.41) is 0. The number of benzene rings is 2. The number of esters is 1. The van der Waals surface area contributed by atoms with E-state index in [1.165, 1.54) is 14.2 Å². The van der Waals surface area contributed by atoms with Crippen LogP contribution in [0.2, 0.25) is 0 Å². The van der Waals surface area contributed by atoms with Gasteiger partial charge in [-0.1, -0.05) is 11.8 Å². The Bertz CT molecular complexity index is 752. The molecule has 4 nitrogen and oxygen atoms in total. The van der Waals surface area contributed by atoms with Crippen molar-refractivity contribution in [3.8, 4) is 17.6 Å². The van der Waals surface area contributed by atoms with Crippen LogP contribution < -0.4 is 9.64 Å². The molecule has 118 valence electrons. The van der Waals surface area contributed by atoms with Gasteiger partial charge in [0.1, 0.15) is 11.3 Å². The molecule has 0 amide bonds. The van der Waals surface area contributed by atoms with E-state index in [9.17, 15) is 4.79 Å². The second kappa shape index (κ2) is 7.37. The van der Waals surface area contributed by atoms with Crippen LogP contribution in [0.1, 0.15) is 21.5 Å². The zero-order valence-electron chi connectivity index (χ0n) is 13.7. The molecule has 2 rings (SSSR count). The van der Waals surface area contributed by atoms with Crippen molar-refractivity contribution in [1.82, 2.24) is 0 Å². The highest BCUT2D eigenvalue weighted by atomic mass is 16.5. The number of anilines is 1. The van der Waals surface area contributed by atoms with E-state index < -0.39 is 5.97 Å². The Morgan fingerprint density at radius 1 is 0.957 bits per heavy atom. The van der Waals surface area contributed by atoms with Crippen LogP contribution in [0.5, 0.6) is 5.75 Å². The van der Waals surface area contributed by atoms with E-state index in [-0.39, 0.29) is 0 Å². The van der Waals surface area contributed by atoms with E-state index in [2.05, 4.69) is 11.8 Å². The molecular weight excluding hydrogens is 290 g/mol. The third-order valence-corrected chi connectivity index (χ3v) is 3.34. The molecule has 0 aliphatic rings. The van der Waals surface area contributed by atoms with Gasteiger partial charge >= 0.3 is 5.97 Å². The normalized spacial score (nSPS) is 9.57. The molecule has 0 radical (unpaired) electrons. The molecule has 0 saturated carbocycles. The summed E-state index contributed by atoms with van der Waals surface area (Å²) in [6.07, 6.45) is 0. The molecule has 0 spiro atoms. The lowest BCUT2D eigenvalue weighted by atomic mass is 10.1. The average molecular weight is 309 g/mol. The van der Waals surface area contributed by atoms with Gasteiger partial charge in [-0.05, 0) is 42.5 Å². The van der Waals surface area contributed by atoms with Crippen molar-refractivity contribution < 1.29 is 14.3 Å². The molecule has 0 aliphatic heterocycles. The number of hydrogen-bond donors (Lipinski definition) is 0. The Hall–Kier alpha value is -2.93. The van der Waals surface area contributed by atoms with E-state index in [0.717, 1.165) is 16.8 Å².